The Kier molecular flexibility index (Phi) is 3.55. The number of hydrogen-bond donors (Lipinski definition) is 1. The zero-order valence-electron chi connectivity index (χ0n) is 12.9. The van der Waals surface area contributed by atoms with E-state index in [4.69, 9.17) is 0 Å². The van der Waals surface area contributed by atoms with E-state index in [1.807, 2.05) is 0 Å². The molecule has 1 fully saturated rings. The highest BCUT2D eigenvalue weighted by Crippen LogP contribution is 2.46. The molecule has 1 amide bonds. The molecule has 1 aromatic rings. The summed E-state index contributed by atoms with van der Waals surface area (Å²) in [5.41, 5.74) is -2.14. The van der Waals surface area contributed by atoms with Crippen molar-refractivity contribution in [2.45, 2.75) is 44.4 Å². The van der Waals surface area contributed by atoms with Crippen molar-refractivity contribution in [3.63, 3.8) is 0 Å². The average molecular weight is 322 g/mol. The minimum absolute atomic E-state index is 0.0341. The van der Waals surface area contributed by atoms with Crippen LogP contribution in [0, 0.1) is 17.8 Å². The smallest absolute Gasteiger partial charge is 0.336 e. The van der Waals surface area contributed by atoms with E-state index in [9.17, 15) is 18.0 Å². The molecule has 1 aromatic carbocycles. The van der Waals surface area contributed by atoms with E-state index < -0.39 is 23.7 Å². The summed E-state index contributed by atoms with van der Waals surface area (Å²) in [7, 11) is 0. The van der Waals surface area contributed by atoms with Crippen LogP contribution in [0.3, 0.4) is 0 Å². The lowest BCUT2D eigenvalue weighted by molar-refractivity contribution is -0.177. The first kappa shape index (κ1) is 15.7. The van der Waals surface area contributed by atoms with Crippen LogP contribution in [0.15, 0.2) is 24.3 Å². The van der Waals surface area contributed by atoms with Gasteiger partial charge in [-0.1, -0.05) is 24.0 Å². The second-order valence-corrected chi connectivity index (χ2v) is 6.19. The molecule has 1 aliphatic carbocycles. The van der Waals surface area contributed by atoms with E-state index >= 15 is 0 Å². The molecular weight excluding hydrogens is 305 g/mol. The molecule has 1 heterocycles. The Balaban J connectivity index is 2.24. The zero-order chi connectivity index (χ0) is 16.8. The fraction of sp³-hybridized carbons (Fsp3) is 0.471. The van der Waals surface area contributed by atoms with Crippen molar-refractivity contribution in [1.29, 1.82) is 0 Å². The van der Waals surface area contributed by atoms with Crippen LogP contribution in [0.25, 0.3) is 0 Å². The Labute approximate surface area is 132 Å². The van der Waals surface area contributed by atoms with Gasteiger partial charge in [0.15, 0.2) is 0 Å². The van der Waals surface area contributed by atoms with E-state index in [-0.39, 0.29) is 5.92 Å². The third kappa shape index (κ3) is 2.44. The Morgan fingerprint density at radius 3 is 2.52 bits per heavy atom. The number of benzene rings is 1. The highest BCUT2D eigenvalue weighted by atomic mass is 19.4. The number of hydrogen-bond acceptors (Lipinski definition) is 2. The normalized spacial score (nSPS) is 23.9. The van der Waals surface area contributed by atoms with Gasteiger partial charge in [-0.15, -0.1) is 0 Å². The number of anilines is 2. The summed E-state index contributed by atoms with van der Waals surface area (Å²) in [6.45, 7) is 3.27. The second kappa shape index (κ2) is 5.19. The van der Waals surface area contributed by atoms with Gasteiger partial charge in [0.1, 0.15) is 0 Å². The lowest BCUT2D eigenvalue weighted by atomic mass is 9.89. The number of alkyl halides is 3. The van der Waals surface area contributed by atoms with E-state index in [1.54, 1.807) is 38.1 Å². The average Bonchev–Trinajstić information content (AvgIpc) is 3.27. The fourth-order valence-electron chi connectivity index (χ4n) is 2.85. The number of rotatable bonds is 1. The topological polar surface area (TPSA) is 32.3 Å². The van der Waals surface area contributed by atoms with E-state index in [1.165, 1.54) is 0 Å². The predicted octanol–water partition coefficient (Wildman–Crippen LogP) is 3.57. The first-order chi connectivity index (χ1) is 10.8. The lowest BCUT2D eigenvalue weighted by Crippen LogP contribution is -2.69. The zero-order valence-corrected chi connectivity index (χ0v) is 12.9. The molecule has 0 bridgehead atoms. The number of amides is 1. The molecular formula is C17H17F3N2O. The summed E-state index contributed by atoms with van der Waals surface area (Å²) < 4.78 is 42.1. The summed E-state index contributed by atoms with van der Waals surface area (Å²) in [6, 6.07) is 5.96. The Morgan fingerprint density at radius 2 is 1.96 bits per heavy atom. The summed E-state index contributed by atoms with van der Waals surface area (Å²) in [4.78, 5) is 13.6. The van der Waals surface area contributed by atoms with Gasteiger partial charge in [-0.05, 0) is 38.8 Å². The van der Waals surface area contributed by atoms with Crippen LogP contribution in [0.1, 0.15) is 26.7 Å². The Bertz CT molecular complexity index is 698. The molecule has 122 valence electrons. The van der Waals surface area contributed by atoms with Crippen LogP contribution in [0.5, 0.6) is 0 Å². The summed E-state index contributed by atoms with van der Waals surface area (Å²) in [6.07, 6.45) is -3.22. The Morgan fingerprint density at radius 1 is 1.30 bits per heavy atom. The van der Waals surface area contributed by atoms with Gasteiger partial charge < -0.3 is 10.2 Å². The Hall–Kier alpha value is -2.16. The van der Waals surface area contributed by atoms with Crippen LogP contribution in [-0.4, -0.2) is 23.7 Å². The predicted molar refractivity (Wildman–Crippen MR) is 82.0 cm³/mol. The molecule has 3 nitrogen and oxygen atoms in total. The van der Waals surface area contributed by atoms with Crippen molar-refractivity contribution < 1.29 is 18.0 Å². The van der Waals surface area contributed by atoms with Crippen LogP contribution in [0.2, 0.25) is 0 Å². The highest BCUT2D eigenvalue weighted by molar-refractivity contribution is 6.09. The maximum Gasteiger partial charge on any atom is 0.432 e. The quantitative estimate of drug-likeness (QED) is 0.802. The van der Waals surface area contributed by atoms with Crippen LogP contribution in [-0.2, 0) is 4.79 Å². The molecule has 0 spiro atoms. The number of nitrogens with one attached hydrogen (secondary N) is 1. The first-order valence-electron chi connectivity index (χ1n) is 7.56. The number of para-hydroxylation sites is 2. The molecule has 1 aliphatic heterocycles. The second-order valence-electron chi connectivity index (χ2n) is 6.19. The van der Waals surface area contributed by atoms with Gasteiger partial charge in [-0.3, -0.25) is 4.79 Å². The van der Waals surface area contributed by atoms with Crippen molar-refractivity contribution in [2.24, 2.45) is 5.92 Å². The van der Waals surface area contributed by atoms with Gasteiger partial charge in [0.05, 0.1) is 11.4 Å². The standard InChI is InChI=1S/C17H17F3N2O/c1-11(2)22-14-6-4-3-5-13(14)21-15(23)16(22,17(18,19)20)10-9-12-7-8-12/h3-6,11-12H,7-8H2,1-2H3,(H,21,23). The number of carbonyl (C=O) groups excluding carboxylic acids is 1. The van der Waals surface area contributed by atoms with Crippen molar-refractivity contribution >= 4 is 17.3 Å². The van der Waals surface area contributed by atoms with Gasteiger partial charge in [-0.2, -0.15) is 13.2 Å². The highest BCUT2D eigenvalue weighted by Gasteiger charge is 2.66. The van der Waals surface area contributed by atoms with Crippen LogP contribution in [0.4, 0.5) is 24.5 Å². The molecule has 23 heavy (non-hydrogen) atoms. The number of carbonyl (C=O) groups is 1. The van der Waals surface area contributed by atoms with E-state index in [0.29, 0.717) is 11.4 Å². The molecule has 2 aliphatic rings. The monoisotopic (exact) mass is 322 g/mol. The SMILES string of the molecule is CC(C)N1c2ccccc2NC(=O)C1(C#CC1CC1)C(F)(F)F. The maximum absolute atomic E-state index is 14.0. The van der Waals surface area contributed by atoms with Crippen LogP contribution >= 0.6 is 0 Å². The van der Waals surface area contributed by atoms with Crippen molar-refractivity contribution in [3.05, 3.63) is 24.3 Å². The van der Waals surface area contributed by atoms with Gasteiger partial charge in [0, 0.05) is 12.0 Å². The first-order valence-corrected chi connectivity index (χ1v) is 7.56. The van der Waals surface area contributed by atoms with Gasteiger partial charge >= 0.3 is 6.18 Å². The van der Waals surface area contributed by atoms with Gasteiger partial charge in [0.2, 0.25) is 0 Å². The minimum atomic E-state index is -4.81. The minimum Gasteiger partial charge on any atom is -0.336 e. The summed E-state index contributed by atoms with van der Waals surface area (Å²) >= 11 is 0. The molecule has 1 unspecified atom stereocenters. The summed E-state index contributed by atoms with van der Waals surface area (Å²) in [5, 5.41) is 2.38. The number of fused-ring (bicyclic) bond motifs is 1. The van der Waals surface area contributed by atoms with Crippen molar-refractivity contribution in [3.8, 4) is 11.8 Å². The largest absolute Gasteiger partial charge is 0.432 e. The third-order valence-corrected chi connectivity index (χ3v) is 4.06. The van der Waals surface area contributed by atoms with Gasteiger partial charge in [0.25, 0.3) is 11.4 Å². The van der Waals surface area contributed by atoms with E-state index in [0.717, 1.165) is 17.7 Å². The molecule has 0 aromatic heterocycles. The fourth-order valence-corrected chi connectivity index (χ4v) is 2.85. The van der Waals surface area contributed by atoms with E-state index in [2.05, 4.69) is 17.2 Å². The molecule has 1 saturated carbocycles. The molecule has 0 saturated heterocycles. The number of halogens is 3. The summed E-state index contributed by atoms with van der Waals surface area (Å²) in [5.74, 6) is 3.78. The van der Waals surface area contributed by atoms with Crippen molar-refractivity contribution in [2.75, 3.05) is 10.2 Å². The van der Waals surface area contributed by atoms with Crippen molar-refractivity contribution in [1.82, 2.24) is 0 Å². The number of nitrogens with zero attached hydrogens (tertiary/aromatic N) is 1. The lowest BCUT2D eigenvalue weighted by Gasteiger charge is -2.47. The molecule has 6 heteroatoms. The molecule has 0 radical (unpaired) electrons. The van der Waals surface area contributed by atoms with Crippen LogP contribution < -0.4 is 10.2 Å². The molecule has 1 N–H and O–H groups in total. The third-order valence-electron chi connectivity index (χ3n) is 4.06. The molecule has 3 rings (SSSR count). The molecule has 1 atom stereocenters. The van der Waals surface area contributed by atoms with Gasteiger partial charge in [-0.25, -0.2) is 0 Å². The maximum atomic E-state index is 14.0.